The van der Waals surface area contributed by atoms with Crippen molar-refractivity contribution in [3.63, 3.8) is 0 Å². The van der Waals surface area contributed by atoms with Gasteiger partial charge in [0, 0.05) is 11.1 Å². The molecule has 0 radical (unpaired) electrons. The molecule has 0 aliphatic carbocycles. The molecule has 1 atom stereocenters. The molecule has 0 spiro atoms. The van der Waals surface area contributed by atoms with Crippen molar-refractivity contribution in [2.24, 2.45) is 0 Å². The number of ketones is 1. The van der Waals surface area contributed by atoms with E-state index in [9.17, 15) is 19.8 Å². The van der Waals surface area contributed by atoms with Gasteiger partial charge in [0.05, 0.1) is 36.5 Å². The smallest absolute Gasteiger partial charge is 0.300 e. The number of nitrogens with zero attached hydrogens (tertiary/aromatic N) is 1. The fourth-order valence-electron chi connectivity index (χ4n) is 3.90. The zero-order valence-electron chi connectivity index (χ0n) is 17.8. The lowest BCUT2D eigenvalue weighted by molar-refractivity contribution is -0.132. The van der Waals surface area contributed by atoms with Gasteiger partial charge in [0.15, 0.2) is 0 Å². The number of rotatable bonds is 5. The number of halogens is 1. The van der Waals surface area contributed by atoms with E-state index in [1.54, 1.807) is 36.4 Å². The molecule has 1 unspecified atom stereocenters. The molecule has 1 aliphatic heterocycles. The molecule has 3 aromatic rings. The van der Waals surface area contributed by atoms with Crippen LogP contribution in [-0.4, -0.2) is 36.1 Å². The molecule has 1 aliphatic rings. The van der Waals surface area contributed by atoms with Crippen molar-refractivity contribution >= 4 is 34.7 Å². The first-order valence-corrected chi connectivity index (χ1v) is 10.3. The molecule has 1 fully saturated rings. The fourth-order valence-corrected chi connectivity index (χ4v) is 4.09. The van der Waals surface area contributed by atoms with E-state index in [1.807, 2.05) is 0 Å². The summed E-state index contributed by atoms with van der Waals surface area (Å²) in [7, 11) is 2.89. The van der Waals surface area contributed by atoms with Crippen molar-refractivity contribution in [2.45, 2.75) is 6.04 Å². The second kappa shape index (κ2) is 8.88. The lowest BCUT2D eigenvalue weighted by Gasteiger charge is -2.27. The van der Waals surface area contributed by atoms with E-state index in [0.29, 0.717) is 22.1 Å². The zero-order chi connectivity index (χ0) is 23.7. The number of aliphatic hydroxyl groups excluding tert-OH is 1. The number of carbonyl (C=O) groups excluding carboxylic acids is 2. The van der Waals surface area contributed by atoms with E-state index in [2.05, 4.69) is 0 Å². The normalized spacial score (nSPS) is 17.3. The Labute approximate surface area is 195 Å². The van der Waals surface area contributed by atoms with Gasteiger partial charge >= 0.3 is 0 Å². The molecule has 0 saturated carbocycles. The van der Waals surface area contributed by atoms with Crippen LogP contribution in [0.3, 0.4) is 0 Å². The zero-order valence-corrected chi connectivity index (χ0v) is 18.5. The average Bonchev–Trinajstić information content (AvgIpc) is 3.09. The number of aliphatic hydroxyl groups is 1. The fraction of sp³-hybridized carbons (Fsp3) is 0.120. The topological polar surface area (TPSA) is 96.3 Å². The van der Waals surface area contributed by atoms with E-state index >= 15 is 0 Å². The van der Waals surface area contributed by atoms with Gasteiger partial charge in [-0.15, -0.1) is 0 Å². The Morgan fingerprint density at radius 2 is 1.61 bits per heavy atom. The number of amides is 1. The molecule has 33 heavy (non-hydrogen) atoms. The molecule has 2 N–H and O–H groups in total. The predicted molar refractivity (Wildman–Crippen MR) is 124 cm³/mol. The number of para-hydroxylation sites is 3. The number of phenols is 1. The highest BCUT2D eigenvalue weighted by atomic mass is 35.5. The third-order valence-electron chi connectivity index (χ3n) is 5.44. The summed E-state index contributed by atoms with van der Waals surface area (Å²) in [5, 5.41) is 22.0. The van der Waals surface area contributed by atoms with Crippen LogP contribution in [-0.2, 0) is 9.59 Å². The van der Waals surface area contributed by atoms with E-state index in [0.717, 1.165) is 4.90 Å². The summed E-state index contributed by atoms with van der Waals surface area (Å²) >= 11 is 6.10. The summed E-state index contributed by atoms with van der Waals surface area (Å²) in [6.45, 7) is 0. The van der Waals surface area contributed by atoms with E-state index in [-0.39, 0.29) is 22.6 Å². The molecule has 0 bridgehead atoms. The van der Waals surface area contributed by atoms with Crippen LogP contribution in [0.1, 0.15) is 17.2 Å². The third kappa shape index (κ3) is 3.76. The Balaban J connectivity index is 2.01. The monoisotopic (exact) mass is 465 g/mol. The Kier molecular flexibility index (Phi) is 5.98. The Hall–Kier alpha value is -3.97. The van der Waals surface area contributed by atoms with Crippen LogP contribution >= 0.6 is 11.6 Å². The van der Waals surface area contributed by atoms with Gasteiger partial charge in [-0.3, -0.25) is 14.5 Å². The van der Waals surface area contributed by atoms with Gasteiger partial charge < -0.3 is 19.7 Å². The number of hydrogen-bond acceptors (Lipinski definition) is 6. The molecular formula is C25H20ClNO6. The molecule has 1 saturated heterocycles. The highest BCUT2D eigenvalue weighted by Gasteiger charge is 2.48. The number of benzene rings is 3. The molecule has 0 aromatic heterocycles. The molecule has 1 amide bonds. The molecule has 8 heteroatoms. The van der Waals surface area contributed by atoms with Gasteiger partial charge in [0.25, 0.3) is 11.7 Å². The van der Waals surface area contributed by atoms with Crippen molar-refractivity contribution in [1.82, 2.24) is 0 Å². The lowest BCUT2D eigenvalue weighted by atomic mass is 9.94. The molecule has 3 aromatic carbocycles. The predicted octanol–water partition coefficient (Wildman–Crippen LogP) is 4.69. The van der Waals surface area contributed by atoms with Crippen LogP contribution in [0, 0.1) is 0 Å². The van der Waals surface area contributed by atoms with Gasteiger partial charge in [-0.05, 0) is 36.4 Å². The van der Waals surface area contributed by atoms with Crippen molar-refractivity contribution in [1.29, 1.82) is 0 Å². The summed E-state index contributed by atoms with van der Waals surface area (Å²) in [5.74, 6) is -1.69. The van der Waals surface area contributed by atoms with Gasteiger partial charge in [0.1, 0.15) is 23.0 Å². The maximum atomic E-state index is 13.2. The summed E-state index contributed by atoms with van der Waals surface area (Å²) in [6.07, 6.45) is 0. The first-order valence-electron chi connectivity index (χ1n) is 9.94. The summed E-state index contributed by atoms with van der Waals surface area (Å²) < 4.78 is 10.7. The van der Waals surface area contributed by atoms with Gasteiger partial charge in [-0.1, -0.05) is 41.9 Å². The molecule has 4 rings (SSSR count). The number of phenolic OH excluding ortho intramolecular Hbond substituents is 1. The Bertz CT molecular complexity index is 1290. The third-order valence-corrected chi connectivity index (χ3v) is 5.76. The first kappa shape index (κ1) is 22.2. The maximum Gasteiger partial charge on any atom is 0.300 e. The minimum atomic E-state index is -1.06. The molecule has 7 nitrogen and oxygen atoms in total. The summed E-state index contributed by atoms with van der Waals surface area (Å²) in [4.78, 5) is 27.6. The standard InChI is InChI=1S/C25H20ClNO6/c1-32-19-10-6-3-7-15(19)22-21(23(29)14-11-12-16(26)20(13-14)33-2)24(30)25(31)27(22)17-8-4-5-9-18(17)28/h3-13,22,28-29H,1-2H3/b23-21+. The SMILES string of the molecule is COc1cc(/C(O)=C2\C(=O)C(=O)N(c3ccccc3O)C2c2ccccc2OC)ccc1Cl. The summed E-state index contributed by atoms with van der Waals surface area (Å²) in [6, 6.07) is 16.5. The average molecular weight is 466 g/mol. The summed E-state index contributed by atoms with van der Waals surface area (Å²) in [5.41, 5.74) is 0.678. The van der Waals surface area contributed by atoms with Crippen molar-refractivity contribution in [3.8, 4) is 17.2 Å². The number of ether oxygens (including phenoxy) is 2. The Morgan fingerprint density at radius 3 is 2.30 bits per heavy atom. The number of anilines is 1. The van der Waals surface area contributed by atoms with Crippen LogP contribution in [0.5, 0.6) is 17.2 Å². The number of hydrogen-bond donors (Lipinski definition) is 2. The van der Waals surface area contributed by atoms with Crippen LogP contribution < -0.4 is 14.4 Å². The van der Waals surface area contributed by atoms with Gasteiger partial charge in [-0.25, -0.2) is 0 Å². The highest BCUT2D eigenvalue weighted by molar-refractivity contribution is 6.52. The van der Waals surface area contributed by atoms with Crippen LogP contribution in [0.25, 0.3) is 5.76 Å². The van der Waals surface area contributed by atoms with Crippen LogP contribution in [0.2, 0.25) is 5.02 Å². The number of carbonyl (C=O) groups is 2. The van der Waals surface area contributed by atoms with E-state index in [1.165, 1.54) is 44.6 Å². The van der Waals surface area contributed by atoms with Crippen molar-refractivity contribution in [2.75, 3.05) is 19.1 Å². The van der Waals surface area contributed by atoms with E-state index in [4.69, 9.17) is 21.1 Å². The molecular weight excluding hydrogens is 446 g/mol. The number of methoxy groups -OCH3 is 2. The minimum absolute atomic E-state index is 0.128. The second-order valence-electron chi connectivity index (χ2n) is 7.25. The molecule has 1 heterocycles. The number of aromatic hydroxyl groups is 1. The highest BCUT2D eigenvalue weighted by Crippen LogP contribution is 2.47. The van der Waals surface area contributed by atoms with Gasteiger partial charge in [-0.2, -0.15) is 0 Å². The number of Topliss-reactive ketones (excluding diaryl/α,β-unsaturated/α-hetero) is 1. The van der Waals surface area contributed by atoms with Crippen molar-refractivity contribution < 1.29 is 29.3 Å². The lowest BCUT2D eigenvalue weighted by Crippen LogP contribution is -2.29. The van der Waals surface area contributed by atoms with E-state index < -0.39 is 23.5 Å². The minimum Gasteiger partial charge on any atom is -0.507 e. The van der Waals surface area contributed by atoms with Crippen LogP contribution in [0.4, 0.5) is 5.69 Å². The largest absolute Gasteiger partial charge is 0.507 e. The Morgan fingerprint density at radius 1 is 0.939 bits per heavy atom. The van der Waals surface area contributed by atoms with Gasteiger partial charge in [0.2, 0.25) is 0 Å². The van der Waals surface area contributed by atoms with Crippen LogP contribution in [0.15, 0.2) is 72.3 Å². The quantitative estimate of drug-likeness (QED) is 0.322. The maximum absolute atomic E-state index is 13.2. The first-order chi connectivity index (χ1) is 15.9. The molecule has 168 valence electrons. The second-order valence-corrected chi connectivity index (χ2v) is 7.66. The van der Waals surface area contributed by atoms with Crippen molar-refractivity contribution in [3.05, 3.63) is 88.5 Å².